The number of nitrogens with zero attached hydrogens (tertiary/aromatic N) is 1. The predicted molar refractivity (Wildman–Crippen MR) is 57.9 cm³/mol. The van der Waals surface area contributed by atoms with Crippen LogP contribution in [0.1, 0.15) is 20.3 Å². The Bertz CT molecular complexity index is 194. The monoisotopic (exact) mass is 202 g/mol. The van der Waals surface area contributed by atoms with Crippen LogP contribution in [0.3, 0.4) is 0 Å². The molecule has 2 N–H and O–H groups in total. The number of morpholine rings is 1. The van der Waals surface area contributed by atoms with E-state index in [2.05, 4.69) is 18.7 Å². The number of nitrogens with two attached hydrogens (primary N) is 1. The molecule has 3 nitrogen and oxygen atoms in total. The van der Waals surface area contributed by atoms with Gasteiger partial charge in [-0.15, -0.1) is 0 Å². The molecule has 0 aromatic carbocycles. The van der Waals surface area contributed by atoms with Gasteiger partial charge < -0.3 is 10.5 Å². The van der Waals surface area contributed by atoms with Crippen molar-refractivity contribution in [2.75, 3.05) is 26.2 Å². The van der Waals surface area contributed by atoms with Gasteiger partial charge in [-0.2, -0.15) is 0 Å². The van der Waals surface area contributed by atoms with Gasteiger partial charge in [0.1, 0.15) is 0 Å². The summed E-state index contributed by atoms with van der Waals surface area (Å²) in [4.78, 5) is 2.95. The van der Waals surface area contributed by atoms with E-state index < -0.39 is 0 Å². The maximum absolute atomic E-state index is 5.60. The highest BCUT2D eigenvalue weighted by Crippen LogP contribution is 2.16. The first-order valence-corrected chi connectivity index (χ1v) is 5.05. The summed E-state index contributed by atoms with van der Waals surface area (Å²) >= 11 is 4.84. The van der Waals surface area contributed by atoms with Crippen molar-refractivity contribution in [3.05, 3.63) is 0 Å². The third kappa shape index (κ3) is 4.02. The molecule has 0 aromatic heterocycles. The lowest BCUT2D eigenvalue weighted by Gasteiger charge is -2.38. The van der Waals surface area contributed by atoms with Crippen molar-refractivity contribution in [1.29, 1.82) is 0 Å². The molecule has 0 bridgehead atoms. The average molecular weight is 202 g/mol. The van der Waals surface area contributed by atoms with Gasteiger partial charge in [-0.25, -0.2) is 0 Å². The second kappa shape index (κ2) is 4.35. The van der Waals surface area contributed by atoms with Crippen LogP contribution in [0, 0.1) is 0 Å². The fourth-order valence-corrected chi connectivity index (χ4v) is 1.66. The summed E-state index contributed by atoms with van der Waals surface area (Å²) in [6, 6.07) is 0. The lowest BCUT2D eigenvalue weighted by Crippen LogP contribution is -2.48. The number of hydrogen-bond acceptors (Lipinski definition) is 3. The van der Waals surface area contributed by atoms with E-state index in [0.717, 1.165) is 32.7 Å². The summed E-state index contributed by atoms with van der Waals surface area (Å²) in [5, 5.41) is 0. The Morgan fingerprint density at radius 3 is 2.85 bits per heavy atom. The van der Waals surface area contributed by atoms with Crippen molar-refractivity contribution in [2.24, 2.45) is 5.73 Å². The van der Waals surface area contributed by atoms with Crippen molar-refractivity contribution in [1.82, 2.24) is 4.90 Å². The summed E-state index contributed by atoms with van der Waals surface area (Å²) < 4.78 is 5.60. The fraction of sp³-hybridized carbons (Fsp3) is 0.889. The number of rotatable bonds is 3. The molecule has 0 saturated carbocycles. The maximum atomic E-state index is 5.60. The second-order valence-electron chi connectivity index (χ2n) is 4.10. The first-order valence-electron chi connectivity index (χ1n) is 4.64. The van der Waals surface area contributed by atoms with Gasteiger partial charge in [0.15, 0.2) is 0 Å². The van der Waals surface area contributed by atoms with Crippen LogP contribution in [-0.2, 0) is 4.74 Å². The molecule has 0 atom stereocenters. The molecular formula is C9H18N2OS. The number of thiocarbonyl (C=S) groups is 1. The SMILES string of the molecule is CC1(C)CN(CCC(N)=S)CCO1. The van der Waals surface area contributed by atoms with Gasteiger partial charge in [-0.1, -0.05) is 12.2 Å². The Kier molecular flexibility index (Phi) is 3.64. The topological polar surface area (TPSA) is 38.5 Å². The zero-order chi connectivity index (χ0) is 9.90. The minimum atomic E-state index is -0.0194. The Morgan fingerprint density at radius 2 is 2.31 bits per heavy atom. The zero-order valence-corrected chi connectivity index (χ0v) is 9.19. The van der Waals surface area contributed by atoms with E-state index >= 15 is 0 Å². The Labute approximate surface area is 85.2 Å². The highest BCUT2D eigenvalue weighted by atomic mass is 32.1. The predicted octanol–water partition coefficient (Wildman–Crippen LogP) is 0.773. The van der Waals surface area contributed by atoms with E-state index in [4.69, 9.17) is 22.7 Å². The van der Waals surface area contributed by atoms with E-state index in [1.54, 1.807) is 0 Å². The van der Waals surface area contributed by atoms with Crippen LogP contribution in [0.25, 0.3) is 0 Å². The molecule has 0 aliphatic carbocycles. The minimum Gasteiger partial charge on any atom is -0.393 e. The summed E-state index contributed by atoms with van der Waals surface area (Å²) in [5.41, 5.74) is 5.43. The summed E-state index contributed by atoms with van der Waals surface area (Å²) in [6.07, 6.45) is 0.811. The van der Waals surface area contributed by atoms with Gasteiger partial charge in [0.25, 0.3) is 0 Å². The molecule has 0 amide bonds. The third-order valence-corrected chi connectivity index (χ3v) is 2.38. The Hall–Kier alpha value is -0.190. The van der Waals surface area contributed by atoms with Crippen molar-refractivity contribution in [3.8, 4) is 0 Å². The summed E-state index contributed by atoms with van der Waals surface area (Å²) in [7, 11) is 0. The normalized spacial score (nSPS) is 22.9. The molecule has 1 fully saturated rings. The van der Waals surface area contributed by atoms with E-state index in [1.807, 2.05) is 0 Å². The molecule has 0 radical (unpaired) electrons. The van der Waals surface area contributed by atoms with Crippen LogP contribution in [0.4, 0.5) is 0 Å². The van der Waals surface area contributed by atoms with Gasteiger partial charge in [-0.05, 0) is 13.8 Å². The van der Waals surface area contributed by atoms with Crippen molar-refractivity contribution >= 4 is 17.2 Å². The van der Waals surface area contributed by atoms with Crippen LogP contribution in [0.2, 0.25) is 0 Å². The summed E-state index contributed by atoms with van der Waals surface area (Å²) in [6.45, 7) is 7.95. The summed E-state index contributed by atoms with van der Waals surface area (Å²) in [5.74, 6) is 0. The lowest BCUT2D eigenvalue weighted by molar-refractivity contribution is -0.0851. The van der Waals surface area contributed by atoms with Gasteiger partial charge in [0, 0.05) is 26.1 Å². The Balaban J connectivity index is 2.30. The van der Waals surface area contributed by atoms with E-state index in [1.165, 1.54) is 0 Å². The lowest BCUT2D eigenvalue weighted by atomic mass is 10.1. The molecule has 76 valence electrons. The van der Waals surface area contributed by atoms with Crippen molar-refractivity contribution < 1.29 is 4.74 Å². The van der Waals surface area contributed by atoms with Crippen molar-refractivity contribution in [2.45, 2.75) is 25.9 Å². The van der Waals surface area contributed by atoms with Crippen LogP contribution in [-0.4, -0.2) is 41.7 Å². The number of hydrogen-bond donors (Lipinski definition) is 1. The van der Waals surface area contributed by atoms with Gasteiger partial charge in [-0.3, -0.25) is 4.90 Å². The smallest absolute Gasteiger partial charge is 0.0753 e. The quantitative estimate of drug-likeness (QED) is 0.686. The molecule has 1 aliphatic rings. The highest BCUT2D eigenvalue weighted by Gasteiger charge is 2.26. The molecule has 1 heterocycles. The highest BCUT2D eigenvalue weighted by molar-refractivity contribution is 7.80. The van der Waals surface area contributed by atoms with Gasteiger partial charge in [0.2, 0.25) is 0 Å². The fourth-order valence-electron chi connectivity index (χ4n) is 1.57. The maximum Gasteiger partial charge on any atom is 0.0753 e. The number of ether oxygens (including phenoxy) is 1. The van der Waals surface area contributed by atoms with E-state index in [9.17, 15) is 0 Å². The second-order valence-corrected chi connectivity index (χ2v) is 4.62. The van der Waals surface area contributed by atoms with Gasteiger partial charge in [0.05, 0.1) is 17.2 Å². The largest absolute Gasteiger partial charge is 0.393 e. The molecule has 13 heavy (non-hydrogen) atoms. The molecule has 0 spiro atoms. The molecule has 0 unspecified atom stereocenters. The zero-order valence-electron chi connectivity index (χ0n) is 8.38. The first kappa shape index (κ1) is 10.9. The minimum absolute atomic E-state index is 0.0194. The van der Waals surface area contributed by atoms with Gasteiger partial charge >= 0.3 is 0 Å². The average Bonchev–Trinajstić information content (AvgIpc) is 1.99. The standard InChI is InChI=1S/C9H18N2OS/c1-9(2)7-11(5-6-12-9)4-3-8(10)13/h3-7H2,1-2H3,(H2,10,13). The Morgan fingerprint density at radius 1 is 1.62 bits per heavy atom. The van der Waals surface area contributed by atoms with Crippen LogP contribution in [0.15, 0.2) is 0 Å². The first-order chi connectivity index (χ1) is 5.99. The third-order valence-electron chi connectivity index (χ3n) is 2.18. The van der Waals surface area contributed by atoms with Crippen LogP contribution in [0.5, 0.6) is 0 Å². The molecule has 1 aliphatic heterocycles. The molecule has 0 aromatic rings. The van der Waals surface area contributed by atoms with Crippen LogP contribution < -0.4 is 5.73 Å². The molecule has 1 saturated heterocycles. The molecule has 4 heteroatoms. The van der Waals surface area contributed by atoms with Crippen LogP contribution >= 0.6 is 12.2 Å². The van der Waals surface area contributed by atoms with E-state index in [-0.39, 0.29) is 5.60 Å². The van der Waals surface area contributed by atoms with E-state index in [0.29, 0.717) is 4.99 Å². The van der Waals surface area contributed by atoms with Crippen molar-refractivity contribution in [3.63, 3.8) is 0 Å². The molecular weight excluding hydrogens is 184 g/mol. The molecule has 1 rings (SSSR count).